The second kappa shape index (κ2) is 13.2. The van der Waals surface area contributed by atoms with Gasteiger partial charge < -0.3 is 10.3 Å². The van der Waals surface area contributed by atoms with Gasteiger partial charge in [-0.1, -0.05) is 140 Å². The lowest BCUT2D eigenvalue weighted by atomic mass is 9.97. The molecule has 0 amide bonds. The molecule has 2 N–H and O–H groups in total. The summed E-state index contributed by atoms with van der Waals surface area (Å²) in [5.74, 6) is 0.837. The van der Waals surface area contributed by atoms with Crippen molar-refractivity contribution in [1.82, 2.24) is 9.55 Å². The van der Waals surface area contributed by atoms with Crippen LogP contribution in [0.4, 0.5) is 11.5 Å². The van der Waals surface area contributed by atoms with Crippen molar-refractivity contribution in [1.29, 1.82) is 0 Å². The number of hydrogen-bond donors (Lipinski definition) is 1. The lowest BCUT2D eigenvalue weighted by Gasteiger charge is -2.26. The Balaban J connectivity index is 1.19. The molecule has 2 aromatic heterocycles. The molecule has 1 aliphatic carbocycles. The van der Waals surface area contributed by atoms with Crippen LogP contribution in [-0.4, -0.2) is 9.55 Å². The van der Waals surface area contributed by atoms with E-state index in [4.69, 9.17) is 10.7 Å². The van der Waals surface area contributed by atoms with Crippen LogP contribution < -0.4 is 21.1 Å². The number of rotatable bonds is 6. The van der Waals surface area contributed by atoms with Gasteiger partial charge in [-0.05, 0) is 75.5 Å². The average molecular weight is 671 g/mol. The Kier molecular flexibility index (Phi) is 7.98. The summed E-state index contributed by atoms with van der Waals surface area (Å²) in [5, 5.41) is 7.27. The SMILES string of the molecule is C=C1/C=C\C=C/N(c2cccc(-c3cccc4ccccc34)n2)c2c1ccc1c3ccccc3n(C/C=C\C=C(/N)C3=c4ccccc4=CCC3)c21. The lowest BCUT2D eigenvalue weighted by Crippen LogP contribution is -2.30. The second-order valence-electron chi connectivity index (χ2n) is 13.3. The van der Waals surface area contributed by atoms with Crippen molar-refractivity contribution in [2.75, 3.05) is 4.90 Å². The molecule has 0 saturated carbocycles. The van der Waals surface area contributed by atoms with Gasteiger partial charge in [0.2, 0.25) is 0 Å². The van der Waals surface area contributed by atoms with E-state index < -0.39 is 0 Å². The molecule has 7 aromatic rings. The summed E-state index contributed by atoms with van der Waals surface area (Å²) in [6.45, 7) is 5.17. The monoisotopic (exact) mass is 670 g/mol. The van der Waals surface area contributed by atoms with E-state index in [1.165, 1.54) is 43.1 Å². The minimum atomic E-state index is 0.660. The van der Waals surface area contributed by atoms with Crippen LogP contribution in [0.15, 0.2) is 176 Å². The van der Waals surface area contributed by atoms with Gasteiger partial charge in [0.05, 0.1) is 16.9 Å². The number of nitrogens with two attached hydrogens (primary N) is 1. The molecule has 4 heteroatoms. The summed E-state index contributed by atoms with van der Waals surface area (Å²) in [4.78, 5) is 7.56. The van der Waals surface area contributed by atoms with E-state index in [0.29, 0.717) is 6.54 Å². The van der Waals surface area contributed by atoms with Crippen LogP contribution in [0.5, 0.6) is 0 Å². The highest BCUT2D eigenvalue weighted by Crippen LogP contribution is 2.43. The van der Waals surface area contributed by atoms with Gasteiger partial charge in [-0.2, -0.15) is 0 Å². The minimum absolute atomic E-state index is 0.660. The van der Waals surface area contributed by atoms with E-state index in [9.17, 15) is 0 Å². The number of fused-ring (bicyclic) bond motifs is 7. The number of allylic oxidation sites excluding steroid dienone is 8. The summed E-state index contributed by atoms with van der Waals surface area (Å²) in [6.07, 6.45) is 18.9. The highest BCUT2D eigenvalue weighted by Gasteiger charge is 2.23. The predicted molar refractivity (Wildman–Crippen MR) is 220 cm³/mol. The Morgan fingerprint density at radius 1 is 0.769 bits per heavy atom. The zero-order valence-corrected chi connectivity index (χ0v) is 28.9. The second-order valence-corrected chi connectivity index (χ2v) is 13.3. The molecule has 3 heterocycles. The Hall–Kier alpha value is -6.65. The van der Waals surface area contributed by atoms with Gasteiger partial charge in [0.25, 0.3) is 0 Å². The first-order valence-corrected chi connectivity index (χ1v) is 17.9. The first-order valence-electron chi connectivity index (χ1n) is 17.9. The molecule has 0 unspecified atom stereocenters. The van der Waals surface area contributed by atoms with Crippen LogP contribution in [0.1, 0.15) is 18.4 Å². The van der Waals surface area contributed by atoms with Gasteiger partial charge in [-0.15, -0.1) is 0 Å². The fraction of sp³-hybridized carbons (Fsp3) is 0.0625. The van der Waals surface area contributed by atoms with Crippen LogP contribution in [-0.2, 0) is 6.54 Å². The van der Waals surface area contributed by atoms with Gasteiger partial charge in [0, 0.05) is 45.9 Å². The minimum Gasteiger partial charge on any atom is -0.398 e. The first kappa shape index (κ1) is 31.3. The van der Waals surface area contributed by atoms with Crippen molar-refractivity contribution >= 4 is 61.3 Å². The average Bonchev–Trinajstić information content (AvgIpc) is 3.51. The highest BCUT2D eigenvalue weighted by atomic mass is 15.2. The van der Waals surface area contributed by atoms with Gasteiger partial charge in [-0.25, -0.2) is 4.98 Å². The van der Waals surface area contributed by atoms with E-state index in [1.807, 2.05) is 6.08 Å². The Labute approximate surface area is 303 Å². The third-order valence-electron chi connectivity index (χ3n) is 10.3. The number of aromatic nitrogens is 2. The molecule has 250 valence electrons. The van der Waals surface area contributed by atoms with E-state index >= 15 is 0 Å². The van der Waals surface area contributed by atoms with E-state index in [2.05, 4.69) is 180 Å². The number of pyridine rings is 1. The van der Waals surface area contributed by atoms with Gasteiger partial charge in [-0.3, -0.25) is 4.90 Å². The van der Waals surface area contributed by atoms with Crippen LogP contribution in [0.25, 0.3) is 61.1 Å². The summed E-state index contributed by atoms with van der Waals surface area (Å²) in [6, 6.07) is 42.8. The van der Waals surface area contributed by atoms with Crippen LogP contribution >= 0.6 is 0 Å². The number of anilines is 2. The number of hydrogen-bond acceptors (Lipinski definition) is 3. The Bertz CT molecular complexity index is 2800. The van der Waals surface area contributed by atoms with Gasteiger partial charge >= 0.3 is 0 Å². The third kappa shape index (κ3) is 5.46. The van der Waals surface area contributed by atoms with Crippen molar-refractivity contribution in [3.05, 3.63) is 192 Å². The molecular formula is C48H38N4. The molecule has 0 atom stereocenters. The molecule has 0 spiro atoms. The number of nitrogens with zero attached hydrogens (tertiary/aromatic N) is 3. The van der Waals surface area contributed by atoms with Crippen molar-refractivity contribution in [2.24, 2.45) is 5.73 Å². The third-order valence-corrected chi connectivity index (χ3v) is 10.3. The molecule has 4 nitrogen and oxygen atoms in total. The molecule has 52 heavy (non-hydrogen) atoms. The topological polar surface area (TPSA) is 47.1 Å². The standard InChI is InChI=1S/C48H38N4/c1-33-15-8-10-32-52(46-28-14-26-44(50-46)40-24-13-19-35-17-3-5-21-38(35)40)47-36(33)29-30-42-41-22-6-7-27-45(41)51(48(42)47)31-11-9-25-43(49)39-23-12-18-34-16-2-4-20-37(34)39/h2-11,13-22,24-30,32H,1,12,23,31,49H2/b11-9-,15-8-,32-10-,43-25-. The number of benzene rings is 5. The predicted octanol–water partition coefficient (Wildman–Crippen LogP) is 10.1. The molecule has 2 aliphatic rings. The van der Waals surface area contributed by atoms with Crippen LogP contribution in [0, 0.1) is 0 Å². The van der Waals surface area contributed by atoms with Crippen molar-refractivity contribution in [2.45, 2.75) is 19.4 Å². The first-order chi connectivity index (χ1) is 25.7. The van der Waals surface area contributed by atoms with Crippen LogP contribution in [0.2, 0.25) is 0 Å². The maximum Gasteiger partial charge on any atom is 0.137 e. The maximum atomic E-state index is 6.72. The van der Waals surface area contributed by atoms with E-state index in [0.717, 1.165) is 58.0 Å². The summed E-state index contributed by atoms with van der Waals surface area (Å²) >= 11 is 0. The van der Waals surface area contributed by atoms with E-state index in [-0.39, 0.29) is 0 Å². The zero-order chi connectivity index (χ0) is 35.0. The van der Waals surface area contributed by atoms with Gasteiger partial charge in [0.15, 0.2) is 0 Å². The van der Waals surface area contributed by atoms with Crippen molar-refractivity contribution in [3.8, 4) is 11.3 Å². The molecule has 0 saturated heterocycles. The lowest BCUT2D eigenvalue weighted by molar-refractivity contribution is 0.897. The summed E-state index contributed by atoms with van der Waals surface area (Å²) in [7, 11) is 0. The fourth-order valence-electron chi connectivity index (χ4n) is 7.83. The summed E-state index contributed by atoms with van der Waals surface area (Å²) < 4.78 is 2.41. The smallest absolute Gasteiger partial charge is 0.137 e. The molecular weight excluding hydrogens is 633 g/mol. The van der Waals surface area contributed by atoms with Gasteiger partial charge in [0.1, 0.15) is 5.82 Å². The Morgan fingerprint density at radius 3 is 2.52 bits per heavy atom. The molecule has 0 bridgehead atoms. The van der Waals surface area contributed by atoms with E-state index in [1.54, 1.807) is 0 Å². The Morgan fingerprint density at radius 2 is 1.58 bits per heavy atom. The van der Waals surface area contributed by atoms with Crippen molar-refractivity contribution < 1.29 is 0 Å². The zero-order valence-electron chi connectivity index (χ0n) is 28.9. The highest BCUT2D eigenvalue weighted by molar-refractivity contribution is 6.15. The number of para-hydroxylation sites is 1. The fourth-order valence-corrected chi connectivity index (χ4v) is 7.83. The quantitative estimate of drug-likeness (QED) is 0.179. The normalized spacial score (nSPS) is 15.8. The van der Waals surface area contributed by atoms with Crippen molar-refractivity contribution in [3.63, 3.8) is 0 Å². The molecule has 1 aliphatic heterocycles. The molecule has 0 fully saturated rings. The molecule has 0 radical (unpaired) electrons. The molecule has 5 aromatic carbocycles. The largest absolute Gasteiger partial charge is 0.398 e. The van der Waals surface area contributed by atoms with Crippen LogP contribution in [0.3, 0.4) is 0 Å². The summed E-state index contributed by atoms with van der Waals surface area (Å²) in [5.41, 5.74) is 16.2. The maximum absolute atomic E-state index is 6.72. The molecule has 9 rings (SSSR count).